The molecule has 0 spiro atoms. The van der Waals surface area contributed by atoms with Crippen LogP contribution in [0.1, 0.15) is 65.5 Å². The van der Waals surface area contributed by atoms with E-state index in [1.54, 1.807) is 7.11 Å². The Morgan fingerprint density at radius 3 is 2.21 bits per heavy atom. The monoisotopic (exact) mass is 740 g/mol. The van der Waals surface area contributed by atoms with Crippen molar-refractivity contribution in [2.24, 2.45) is 5.41 Å². The fourth-order valence-electron chi connectivity index (χ4n) is 5.69. The molecule has 288 valence electrons. The third-order valence-electron chi connectivity index (χ3n) is 10.0. The van der Waals surface area contributed by atoms with Gasteiger partial charge < -0.3 is 37.6 Å². The first-order valence-corrected chi connectivity index (χ1v) is 20.7. The number of carbonyl (C=O) groups excluding carboxylic acids is 2. The van der Waals surface area contributed by atoms with Gasteiger partial charge in [-0.3, -0.25) is 4.79 Å². The van der Waals surface area contributed by atoms with Crippen molar-refractivity contribution in [2.45, 2.75) is 110 Å². The van der Waals surface area contributed by atoms with Crippen molar-refractivity contribution >= 4 is 20.1 Å². The molecule has 52 heavy (non-hydrogen) atoms. The van der Waals surface area contributed by atoms with Gasteiger partial charge in [0.15, 0.2) is 8.32 Å². The summed E-state index contributed by atoms with van der Waals surface area (Å²) in [5, 5.41) is 0.0498. The fourth-order valence-corrected chi connectivity index (χ4v) is 6.63. The largest absolute Gasteiger partial charge is 0.497 e. The van der Waals surface area contributed by atoms with Crippen LogP contribution in [-0.4, -0.2) is 78.9 Å². The lowest BCUT2D eigenvalue weighted by atomic mass is 9.75. The van der Waals surface area contributed by atoms with E-state index < -0.39 is 49.6 Å². The highest BCUT2D eigenvalue weighted by Crippen LogP contribution is 2.45. The molecule has 0 aliphatic carbocycles. The van der Waals surface area contributed by atoms with E-state index in [0.717, 1.165) is 16.9 Å². The average Bonchev–Trinajstić information content (AvgIpc) is 3.11. The second-order valence-corrected chi connectivity index (χ2v) is 20.0. The van der Waals surface area contributed by atoms with E-state index in [9.17, 15) is 9.59 Å². The van der Waals surface area contributed by atoms with Gasteiger partial charge in [0.05, 0.1) is 52.4 Å². The summed E-state index contributed by atoms with van der Waals surface area (Å²) in [5.41, 5.74) is 1.26. The maximum absolute atomic E-state index is 14.3. The zero-order valence-corrected chi connectivity index (χ0v) is 34.0. The number of esters is 1. The van der Waals surface area contributed by atoms with Crippen molar-refractivity contribution in [3.8, 4) is 5.75 Å². The SMILES string of the molecule is COC(=O)C=C1C[C@@H](C[C@@H](OCc2ccc(OC)cc2)[C@@H](C)OCOCc2ccccc2)O[C@@](OC)(C(C)(C)/C=C/CO[Si](C)(C)C(C)(C)C)C1=O. The molecule has 11 heteroatoms. The van der Waals surface area contributed by atoms with Crippen LogP contribution in [0.2, 0.25) is 18.1 Å². The molecule has 1 saturated heterocycles. The first-order valence-electron chi connectivity index (χ1n) is 17.8. The molecule has 4 atom stereocenters. The lowest BCUT2D eigenvalue weighted by molar-refractivity contribution is -0.281. The molecule has 0 bridgehead atoms. The number of Topliss-reactive ketones (excluding diaryl/α,β-unsaturated/α-hetero) is 1. The number of hydrogen-bond acceptors (Lipinski definition) is 10. The van der Waals surface area contributed by atoms with Gasteiger partial charge in [-0.15, -0.1) is 0 Å². The van der Waals surface area contributed by atoms with E-state index in [2.05, 4.69) is 33.9 Å². The zero-order chi connectivity index (χ0) is 38.6. The smallest absolute Gasteiger partial charge is 0.330 e. The Bertz CT molecular complexity index is 1480. The summed E-state index contributed by atoms with van der Waals surface area (Å²) in [6, 6.07) is 17.5. The maximum Gasteiger partial charge on any atom is 0.330 e. The van der Waals surface area contributed by atoms with Crippen LogP contribution in [0.3, 0.4) is 0 Å². The summed E-state index contributed by atoms with van der Waals surface area (Å²) >= 11 is 0. The number of hydrogen-bond donors (Lipinski definition) is 0. The minimum absolute atomic E-state index is 0.0484. The topological polar surface area (TPSA) is 108 Å². The van der Waals surface area contributed by atoms with Gasteiger partial charge in [0.25, 0.3) is 0 Å². The minimum Gasteiger partial charge on any atom is -0.497 e. The average molecular weight is 741 g/mol. The summed E-state index contributed by atoms with van der Waals surface area (Å²) in [6.45, 7) is 17.8. The number of carbonyl (C=O) groups is 2. The lowest BCUT2D eigenvalue weighted by Crippen LogP contribution is -2.60. The third-order valence-corrected chi connectivity index (χ3v) is 14.5. The number of benzene rings is 2. The van der Waals surface area contributed by atoms with Crippen LogP contribution in [0.15, 0.2) is 78.4 Å². The molecule has 0 saturated carbocycles. The van der Waals surface area contributed by atoms with Gasteiger partial charge >= 0.3 is 5.97 Å². The number of ether oxygens (including phenoxy) is 7. The summed E-state index contributed by atoms with van der Waals surface area (Å²) in [7, 11) is 2.35. The van der Waals surface area contributed by atoms with E-state index in [1.807, 2.05) is 87.5 Å². The van der Waals surface area contributed by atoms with Crippen molar-refractivity contribution in [1.82, 2.24) is 0 Å². The highest BCUT2D eigenvalue weighted by atomic mass is 28.4. The molecule has 1 aliphatic heterocycles. The molecule has 2 aromatic carbocycles. The predicted octanol–water partition coefficient (Wildman–Crippen LogP) is 7.95. The van der Waals surface area contributed by atoms with Crippen molar-refractivity contribution in [3.05, 3.63) is 89.5 Å². The van der Waals surface area contributed by atoms with Gasteiger partial charge in [-0.1, -0.05) is 89.2 Å². The summed E-state index contributed by atoms with van der Waals surface area (Å²) in [5.74, 6) is -2.08. The molecule has 1 aliphatic rings. The Labute approximate surface area is 311 Å². The Hall–Kier alpha value is -3.16. The quantitative estimate of drug-likeness (QED) is 0.0352. The van der Waals surface area contributed by atoms with Crippen molar-refractivity contribution in [1.29, 1.82) is 0 Å². The van der Waals surface area contributed by atoms with Crippen LogP contribution in [0, 0.1) is 5.41 Å². The maximum atomic E-state index is 14.3. The summed E-state index contributed by atoms with van der Waals surface area (Å²) in [4.78, 5) is 26.8. The summed E-state index contributed by atoms with van der Waals surface area (Å²) < 4.78 is 47.9. The molecule has 3 rings (SSSR count). The highest BCUT2D eigenvalue weighted by molar-refractivity contribution is 6.74. The number of methoxy groups -OCH3 is 3. The van der Waals surface area contributed by atoms with Gasteiger partial charge in [-0.05, 0) is 48.3 Å². The second kappa shape index (κ2) is 19.2. The van der Waals surface area contributed by atoms with E-state index in [4.69, 9.17) is 37.6 Å². The zero-order valence-electron chi connectivity index (χ0n) is 33.0. The van der Waals surface area contributed by atoms with Crippen LogP contribution in [0.4, 0.5) is 0 Å². The van der Waals surface area contributed by atoms with Crippen molar-refractivity contribution in [2.75, 3.05) is 34.7 Å². The van der Waals surface area contributed by atoms with Gasteiger partial charge in [-0.25, -0.2) is 4.79 Å². The molecule has 0 aromatic heterocycles. The van der Waals surface area contributed by atoms with E-state index in [1.165, 1.54) is 20.3 Å². The van der Waals surface area contributed by atoms with Crippen LogP contribution >= 0.6 is 0 Å². The van der Waals surface area contributed by atoms with E-state index >= 15 is 0 Å². The molecule has 1 heterocycles. The van der Waals surface area contributed by atoms with Gasteiger partial charge in [0.2, 0.25) is 11.6 Å². The molecule has 2 aromatic rings. The standard InChI is InChI=1S/C41H60O10Si/c1-30(49-29-47-27-31-16-13-12-14-17-31)36(48-28-32-18-20-34(44-7)21-19-32)26-35-24-33(25-37(42)45-8)38(43)41(46-9,51-35)40(5,6)22-15-23-50-52(10,11)39(2,3)4/h12-22,25,30,35-36H,23-24,26-29H2,1-11H3/b22-15+,33-25?/t30-,35+,36-,41-/m1/s1. The lowest BCUT2D eigenvalue weighted by Gasteiger charge is -2.48. The number of ketones is 1. The van der Waals surface area contributed by atoms with Crippen LogP contribution < -0.4 is 4.74 Å². The van der Waals surface area contributed by atoms with Crippen LogP contribution in [0.5, 0.6) is 5.75 Å². The first kappa shape index (κ1) is 43.2. The minimum atomic E-state index is -2.00. The Balaban J connectivity index is 1.88. The van der Waals surface area contributed by atoms with Crippen molar-refractivity contribution < 1.29 is 47.2 Å². The van der Waals surface area contributed by atoms with Gasteiger partial charge in [-0.2, -0.15) is 0 Å². The number of rotatable bonds is 19. The van der Waals surface area contributed by atoms with E-state index in [-0.39, 0.29) is 23.8 Å². The third kappa shape index (κ3) is 11.7. The van der Waals surface area contributed by atoms with Gasteiger partial charge in [0, 0.05) is 37.0 Å². The molecular formula is C41H60O10Si. The van der Waals surface area contributed by atoms with E-state index in [0.29, 0.717) is 26.2 Å². The van der Waals surface area contributed by atoms with Crippen molar-refractivity contribution in [3.63, 3.8) is 0 Å². The molecule has 0 radical (unpaired) electrons. The molecule has 1 fully saturated rings. The van der Waals surface area contributed by atoms with Crippen LogP contribution in [0.25, 0.3) is 0 Å². The summed E-state index contributed by atoms with van der Waals surface area (Å²) in [6.07, 6.45) is 3.99. The Morgan fingerprint density at radius 1 is 0.962 bits per heavy atom. The molecule has 0 N–H and O–H groups in total. The fraction of sp³-hybridized carbons (Fsp3) is 0.561. The molecule has 0 amide bonds. The Kier molecular flexibility index (Phi) is 16.0. The van der Waals surface area contributed by atoms with Gasteiger partial charge in [0.1, 0.15) is 12.5 Å². The normalized spacial score (nSPS) is 20.6. The Morgan fingerprint density at radius 2 is 1.62 bits per heavy atom. The molecule has 0 unspecified atom stereocenters. The molecule has 10 nitrogen and oxygen atoms in total. The highest BCUT2D eigenvalue weighted by Gasteiger charge is 2.57. The first-order chi connectivity index (χ1) is 24.5. The second-order valence-electron chi connectivity index (χ2n) is 15.2. The van der Waals surface area contributed by atoms with Crippen LogP contribution in [-0.2, 0) is 55.7 Å². The predicted molar refractivity (Wildman–Crippen MR) is 203 cm³/mol. The molecular weight excluding hydrogens is 681 g/mol.